The molecule has 92 valence electrons. The predicted octanol–water partition coefficient (Wildman–Crippen LogP) is 2.03. The second-order valence-corrected chi connectivity index (χ2v) is 3.88. The summed E-state index contributed by atoms with van der Waals surface area (Å²) < 4.78 is 14.7. The highest BCUT2D eigenvalue weighted by atomic mass is 79.9. The van der Waals surface area contributed by atoms with Crippen molar-refractivity contribution in [3.63, 3.8) is 0 Å². The average molecular weight is 303 g/mol. The summed E-state index contributed by atoms with van der Waals surface area (Å²) in [5.74, 6) is -0.823. The van der Waals surface area contributed by atoms with Crippen LogP contribution in [0.2, 0.25) is 0 Å². The Labute approximate surface area is 107 Å². The lowest BCUT2D eigenvalue weighted by Gasteiger charge is -2.10. The second kappa shape index (κ2) is 5.67. The van der Waals surface area contributed by atoms with Crippen molar-refractivity contribution >= 4 is 27.9 Å². The van der Waals surface area contributed by atoms with Crippen LogP contribution in [-0.2, 0) is 9.47 Å². The molecule has 17 heavy (non-hydrogen) atoms. The lowest BCUT2D eigenvalue weighted by molar-refractivity contribution is 0.0596. The third kappa shape index (κ3) is 2.76. The van der Waals surface area contributed by atoms with Gasteiger partial charge in [0.1, 0.15) is 11.3 Å². The van der Waals surface area contributed by atoms with Crippen LogP contribution in [0.3, 0.4) is 0 Å². The van der Waals surface area contributed by atoms with Crippen LogP contribution in [0.5, 0.6) is 5.75 Å². The minimum Gasteiger partial charge on any atom is -0.495 e. The maximum absolute atomic E-state index is 11.5. The summed E-state index contributed by atoms with van der Waals surface area (Å²) in [6, 6.07) is 2.87. The van der Waals surface area contributed by atoms with E-state index in [1.54, 1.807) is 0 Å². The van der Waals surface area contributed by atoms with Crippen molar-refractivity contribution in [1.29, 1.82) is 0 Å². The van der Waals surface area contributed by atoms with Crippen molar-refractivity contribution in [3.05, 3.63) is 27.7 Å². The Morgan fingerprint density at radius 3 is 2.12 bits per heavy atom. The summed E-state index contributed by atoms with van der Waals surface area (Å²) in [5, 5.41) is 0. The number of methoxy groups -OCH3 is 3. The quantitative estimate of drug-likeness (QED) is 0.800. The highest BCUT2D eigenvalue weighted by Crippen LogP contribution is 2.31. The standard InChI is InChI=1S/C11H11BrO5/c1-15-9-7(11(14)17-3)4-6(5-8(9)12)10(13)16-2/h4-5H,1-3H3. The van der Waals surface area contributed by atoms with Gasteiger partial charge in [-0.25, -0.2) is 9.59 Å². The van der Waals surface area contributed by atoms with E-state index in [4.69, 9.17) is 4.74 Å². The van der Waals surface area contributed by atoms with Crippen molar-refractivity contribution in [2.75, 3.05) is 21.3 Å². The number of carbonyl (C=O) groups is 2. The van der Waals surface area contributed by atoms with E-state index in [1.165, 1.54) is 33.5 Å². The van der Waals surface area contributed by atoms with E-state index in [0.29, 0.717) is 10.2 Å². The normalized spacial score (nSPS) is 9.65. The maximum atomic E-state index is 11.5. The molecule has 0 radical (unpaired) electrons. The molecule has 0 aromatic heterocycles. The summed E-state index contributed by atoms with van der Waals surface area (Å²) >= 11 is 3.21. The van der Waals surface area contributed by atoms with E-state index < -0.39 is 11.9 Å². The summed E-state index contributed by atoms with van der Waals surface area (Å²) in [6.07, 6.45) is 0. The zero-order chi connectivity index (χ0) is 13.0. The van der Waals surface area contributed by atoms with Gasteiger partial charge < -0.3 is 14.2 Å². The smallest absolute Gasteiger partial charge is 0.341 e. The Balaban J connectivity index is 3.38. The van der Waals surface area contributed by atoms with Gasteiger partial charge >= 0.3 is 11.9 Å². The SMILES string of the molecule is COC(=O)c1cc(Br)c(OC)c(C(=O)OC)c1. The van der Waals surface area contributed by atoms with Gasteiger partial charge in [0.25, 0.3) is 0 Å². The molecule has 0 bridgehead atoms. The molecule has 1 aromatic carbocycles. The number of halogens is 1. The Hall–Kier alpha value is -1.56. The van der Waals surface area contributed by atoms with E-state index in [0.717, 1.165) is 0 Å². The lowest BCUT2D eigenvalue weighted by atomic mass is 10.1. The Morgan fingerprint density at radius 2 is 1.65 bits per heavy atom. The van der Waals surface area contributed by atoms with Crippen LogP contribution in [-0.4, -0.2) is 33.3 Å². The molecule has 6 heteroatoms. The summed E-state index contributed by atoms with van der Waals surface area (Å²) in [6.45, 7) is 0. The Kier molecular flexibility index (Phi) is 4.51. The molecular weight excluding hydrogens is 292 g/mol. The number of hydrogen-bond donors (Lipinski definition) is 0. The average Bonchev–Trinajstić information content (AvgIpc) is 2.35. The molecule has 0 N–H and O–H groups in total. The predicted molar refractivity (Wildman–Crippen MR) is 63.4 cm³/mol. The zero-order valence-corrected chi connectivity index (χ0v) is 11.2. The van der Waals surface area contributed by atoms with Crippen molar-refractivity contribution in [3.8, 4) is 5.75 Å². The fourth-order valence-electron chi connectivity index (χ4n) is 1.30. The second-order valence-electron chi connectivity index (χ2n) is 3.02. The van der Waals surface area contributed by atoms with Gasteiger partial charge in [-0.3, -0.25) is 0 Å². The molecule has 0 saturated carbocycles. The number of esters is 2. The van der Waals surface area contributed by atoms with Crippen LogP contribution in [0.15, 0.2) is 16.6 Å². The van der Waals surface area contributed by atoms with Gasteiger partial charge in [0.05, 0.1) is 31.4 Å². The minimum absolute atomic E-state index is 0.157. The third-order valence-corrected chi connectivity index (χ3v) is 2.66. The molecule has 5 nitrogen and oxygen atoms in total. The van der Waals surface area contributed by atoms with E-state index in [-0.39, 0.29) is 11.1 Å². The van der Waals surface area contributed by atoms with Gasteiger partial charge in [0, 0.05) is 0 Å². The van der Waals surface area contributed by atoms with Gasteiger partial charge in [-0.05, 0) is 28.1 Å². The van der Waals surface area contributed by atoms with Crippen LogP contribution < -0.4 is 4.74 Å². The van der Waals surface area contributed by atoms with Crippen molar-refractivity contribution in [2.24, 2.45) is 0 Å². The first-order chi connectivity index (χ1) is 8.04. The van der Waals surface area contributed by atoms with E-state index in [9.17, 15) is 9.59 Å². The summed E-state index contributed by atoms with van der Waals surface area (Å²) in [5.41, 5.74) is 0.394. The molecule has 0 saturated heterocycles. The molecular formula is C11H11BrO5. The molecule has 0 unspecified atom stereocenters. The first kappa shape index (κ1) is 13.5. The molecule has 1 aromatic rings. The molecule has 0 spiro atoms. The van der Waals surface area contributed by atoms with E-state index in [2.05, 4.69) is 25.4 Å². The van der Waals surface area contributed by atoms with Crippen LogP contribution in [0, 0.1) is 0 Å². The fourth-order valence-corrected chi connectivity index (χ4v) is 1.92. The van der Waals surface area contributed by atoms with Crippen molar-refractivity contribution in [2.45, 2.75) is 0 Å². The van der Waals surface area contributed by atoms with E-state index in [1.807, 2.05) is 0 Å². The van der Waals surface area contributed by atoms with Gasteiger partial charge in [0.15, 0.2) is 0 Å². The lowest BCUT2D eigenvalue weighted by Crippen LogP contribution is -2.08. The van der Waals surface area contributed by atoms with Gasteiger partial charge in [-0.15, -0.1) is 0 Å². The molecule has 0 atom stereocenters. The Bertz CT molecular complexity index is 455. The number of hydrogen-bond acceptors (Lipinski definition) is 5. The van der Waals surface area contributed by atoms with Crippen molar-refractivity contribution < 1.29 is 23.8 Å². The highest BCUT2D eigenvalue weighted by Gasteiger charge is 2.19. The minimum atomic E-state index is -0.590. The largest absolute Gasteiger partial charge is 0.495 e. The third-order valence-electron chi connectivity index (χ3n) is 2.07. The number of carbonyl (C=O) groups excluding carboxylic acids is 2. The molecule has 0 aliphatic carbocycles. The molecule has 0 heterocycles. The molecule has 1 rings (SSSR count). The van der Waals surface area contributed by atoms with Crippen LogP contribution in [0.1, 0.15) is 20.7 Å². The fraction of sp³-hybridized carbons (Fsp3) is 0.273. The van der Waals surface area contributed by atoms with Crippen LogP contribution >= 0.6 is 15.9 Å². The number of ether oxygens (including phenoxy) is 3. The maximum Gasteiger partial charge on any atom is 0.341 e. The molecule has 0 amide bonds. The monoisotopic (exact) mass is 302 g/mol. The van der Waals surface area contributed by atoms with Crippen LogP contribution in [0.25, 0.3) is 0 Å². The van der Waals surface area contributed by atoms with Gasteiger partial charge in [-0.1, -0.05) is 0 Å². The zero-order valence-electron chi connectivity index (χ0n) is 9.57. The van der Waals surface area contributed by atoms with Gasteiger partial charge in [0.2, 0.25) is 0 Å². The first-order valence-corrected chi connectivity index (χ1v) is 5.38. The van der Waals surface area contributed by atoms with E-state index >= 15 is 0 Å². The van der Waals surface area contributed by atoms with Crippen LogP contribution in [0.4, 0.5) is 0 Å². The van der Waals surface area contributed by atoms with Crippen molar-refractivity contribution in [1.82, 2.24) is 0 Å². The molecule has 0 fully saturated rings. The topological polar surface area (TPSA) is 61.8 Å². The molecule has 0 aliphatic heterocycles. The van der Waals surface area contributed by atoms with Gasteiger partial charge in [-0.2, -0.15) is 0 Å². The summed E-state index contributed by atoms with van der Waals surface area (Å²) in [4.78, 5) is 22.9. The first-order valence-electron chi connectivity index (χ1n) is 4.59. The highest BCUT2D eigenvalue weighted by molar-refractivity contribution is 9.10. The summed E-state index contributed by atoms with van der Waals surface area (Å²) in [7, 11) is 3.93. The molecule has 0 aliphatic rings. The number of rotatable bonds is 3. The number of benzene rings is 1. The Morgan fingerprint density at radius 1 is 1.06 bits per heavy atom.